The summed E-state index contributed by atoms with van der Waals surface area (Å²) in [6.45, 7) is 6.15. The summed E-state index contributed by atoms with van der Waals surface area (Å²) in [5.74, 6) is -0.455. The Labute approximate surface area is 101 Å². The maximum absolute atomic E-state index is 13.7. The molecule has 88 valence electrons. The second-order valence-corrected chi connectivity index (χ2v) is 5.00. The van der Waals surface area contributed by atoms with Gasteiger partial charge in [0.25, 0.3) is 0 Å². The number of rotatable bonds is 0. The van der Waals surface area contributed by atoms with Gasteiger partial charge in [-0.25, -0.2) is 4.39 Å². The van der Waals surface area contributed by atoms with Crippen molar-refractivity contribution in [2.75, 3.05) is 11.9 Å². The molecule has 0 spiro atoms. The van der Waals surface area contributed by atoms with Gasteiger partial charge in [0.1, 0.15) is 11.9 Å². The van der Waals surface area contributed by atoms with Crippen LogP contribution in [0.3, 0.4) is 0 Å². The first kappa shape index (κ1) is 11.7. The lowest BCUT2D eigenvalue weighted by atomic mass is 9.88. The van der Waals surface area contributed by atoms with Crippen LogP contribution in [0.4, 0.5) is 10.1 Å². The molecule has 1 aromatic carbocycles. The molecule has 1 aromatic rings. The molecule has 0 unspecified atom stereocenters. The smallest absolute Gasteiger partial charge is 0.143 e. The number of benzene rings is 1. The quantitative estimate of drug-likeness (QED) is 0.683. The molecule has 0 fully saturated rings. The summed E-state index contributed by atoms with van der Waals surface area (Å²) in [6, 6.07) is 4.96. The molecule has 0 aromatic heterocycles. The highest BCUT2D eigenvalue weighted by molar-refractivity contribution is 5.81. The molecule has 0 bridgehead atoms. The zero-order valence-corrected chi connectivity index (χ0v) is 10.5. The number of fused-ring (bicyclic) bond motifs is 1. The van der Waals surface area contributed by atoms with E-state index in [0.29, 0.717) is 0 Å². The van der Waals surface area contributed by atoms with Crippen LogP contribution in [0.5, 0.6) is 0 Å². The minimum absolute atomic E-state index is 0.101. The molecular weight excluding hydrogens is 215 g/mol. The van der Waals surface area contributed by atoms with Crippen LogP contribution in [0.1, 0.15) is 31.9 Å². The third-order valence-electron chi connectivity index (χ3n) is 3.43. The van der Waals surface area contributed by atoms with E-state index in [4.69, 9.17) is 5.26 Å². The highest BCUT2D eigenvalue weighted by Crippen LogP contribution is 2.38. The fraction of sp³-hybridized carbons (Fsp3) is 0.357. The summed E-state index contributed by atoms with van der Waals surface area (Å²) in [7, 11) is 1.94. The molecule has 0 saturated carbocycles. The summed E-state index contributed by atoms with van der Waals surface area (Å²) in [4.78, 5) is 2.03. The third kappa shape index (κ3) is 1.70. The van der Waals surface area contributed by atoms with E-state index in [1.54, 1.807) is 6.07 Å². The summed E-state index contributed by atoms with van der Waals surface area (Å²) >= 11 is 0. The molecule has 0 saturated heterocycles. The van der Waals surface area contributed by atoms with Crippen molar-refractivity contribution < 1.29 is 4.39 Å². The molecule has 17 heavy (non-hydrogen) atoms. The van der Waals surface area contributed by atoms with Crippen LogP contribution in [-0.2, 0) is 0 Å². The number of hydrogen-bond acceptors (Lipinski definition) is 2. The monoisotopic (exact) mass is 230 g/mol. The summed E-state index contributed by atoms with van der Waals surface area (Å²) in [5.41, 5.74) is 2.82. The van der Waals surface area contributed by atoms with Crippen molar-refractivity contribution in [3.63, 3.8) is 0 Å². The van der Waals surface area contributed by atoms with Crippen molar-refractivity contribution in [1.82, 2.24) is 0 Å². The standard InChI is InChI=1S/C14H15FN2/c1-9-7-14(2,3)17(4)13-6-12(15)10(8-16)5-11(9)13/h5-7H,1-4H3. The van der Waals surface area contributed by atoms with E-state index >= 15 is 0 Å². The predicted octanol–water partition coefficient (Wildman–Crippen LogP) is 3.33. The first-order valence-electron chi connectivity index (χ1n) is 5.54. The Kier molecular flexibility index (Phi) is 2.46. The lowest BCUT2D eigenvalue weighted by Crippen LogP contribution is -2.42. The molecule has 1 aliphatic rings. The van der Waals surface area contributed by atoms with Gasteiger partial charge in [0.05, 0.1) is 11.1 Å². The SMILES string of the molecule is CC1=CC(C)(C)N(C)c2cc(F)c(C#N)cc21. The van der Waals surface area contributed by atoms with Gasteiger partial charge in [-0.05, 0) is 38.5 Å². The van der Waals surface area contributed by atoms with Gasteiger partial charge in [0.2, 0.25) is 0 Å². The highest BCUT2D eigenvalue weighted by Gasteiger charge is 2.29. The van der Waals surface area contributed by atoms with Crippen LogP contribution in [0, 0.1) is 17.1 Å². The van der Waals surface area contributed by atoms with Crippen molar-refractivity contribution >= 4 is 11.3 Å². The zero-order chi connectivity index (χ0) is 12.8. The Hall–Kier alpha value is -1.82. The number of halogens is 1. The maximum Gasteiger partial charge on any atom is 0.143 e. The molecule has 2 rings (SSSR count). The summed E-state index contributed by atoms with van der Waals surface area (Å²) in [5, 5.41) is 8.85. The highest BCUT2D eigenvalue weighted by atomic mass is 19.1. The average molecular weight is 230 g/mol. The number of nitriles is 1. The molecule has 0 amide bonds. The van der Waals surface area contributed by atoms with Gasteiger partial charge in [-0.1, -0.05) is 6.08 Å². The number of allylic oxidation sites excluding steroid dienone is 1. The van der Waals surface area contributed by atoms with E-state index in [-0.39, 0.29) is 11.1 Å². The summed E-state index contributed by atoms with van der Waals surface area (Å²) < 4.78 is 13.7. The minimum atomic E-state index is -0.455. The fourth-order valence-corrected chi connectivity index (χ4v) is 2.26. The number of hydrogen-bond donors (Lipinski definition) is 0. The predicted molar refractivity (Wildman–Crippen MR) is 67.2 cm³/mol. The Bertz CT molecular complexity index is 550. The topological polar surface area (TPSA) is 27.0 Å². The molecule has 0 radical (unpaired) electrons. The van der Waals surface area contributed by atoms with Gasteiger partial charge >= 0.3 is 0 Å². The number of nitrogens with zero attached hydrogens (tertiary/aromatic N) is 2. The Balaban J connectivity index is 2.71. The largest absolute Gasteiger partial charge is 0.365 e. The van der Waals surface area contributed by atoms with Gasteiger partial charge in [0.15, 0.2) is 0 Å². The van der Waals surface area contributed by atoms with E-state index in [1.807, 2.05) is 24.9 Å². The second-order valence-electron chi connectivity index (χ2n) is 5.00. The van der Waals surface area contributed by atoms with Crippen LogP contribution in [-0.4, -0.2) is 12.6 Å². The van der Waals surface area contributed by atoms with E-state index in [2.05, 4.69) is 19.9 Å². The lowest BCUT2D eigenvalue weighted by Gasteiger charge is -2.40. The van der Waals surface area contributed by atoms with Gasteiger partial charge in [-0.3, -0.25) is 0 Å². The Morgan fingerprint density at radius 1 is 1.35 bits per heavy atom. The van der Waals surface area contributed by atoms with Gasteiger partial charge in [-0.2, -0.15) is 5.26 Å². The summed E-state index contributed by atoms with van der Waals surface area (Å²) in [6.07, 6.45) is 2.13. The molecule has 1 aliphatic heterocycles. The molecule has 0 aliphatic carbocycles. The van der Waals surface area contributed by atoms with Gasteiger partial charge in [0, 0.05) is 18.3 Å². The van der Waals surface area contributed by atoms with Gasteiger partial charge in [-0.15, -0.1) is 0 Å². The number of likely N-dealkylation sites (N-methyl/N-ethyl adjacent to an activating group) is 1. The van der Waals surface area contributed by atoms with Crippen molar-refractivity contribution in [2.45, 2.75) is 26.3 Å². The first-order valence-corrected chi connectivity index (χ1v) is 5.54. The van der Waals surface area contributed by atoms with E-state index in [9.17, 15) is 4.39 Å². The lowest BCUT2D eigenvalue weighted by molar-refractivity contribution is 0.588. The normalized spacial score (nSPS) is 17.2. The first-order chi connectivity index (χ1) is 7.86. The number of anilines is 1. The van der Waals surface area contributed by atoms with Crippen LogP contribution in [0.25, 0.3) is 5.57 Å². The molecule has 1 heterocycles. The Morgan fingerprint density at radius 2 is 2.00 bits per heavy atom. The fourth-order valence-electron chi connectivity index (χ4n) is 2.26. The molecule has 3 heteroatoms. The molecular formula is C14H15FN2. The van der Waals surface area contributed by atoms with E-state index < -0.39 is 5.82 Å². The van der Waals surface area contributed by atoms with Crippen molar-refractivity contribution in [2.24, 2.45) is 0 Å². The van der Waals surface area contributed by atoms with Crippen molar-refractivity contribution in [3.8, 4) is 6.07 Å². The van der Waals surface area contributed by atoms with Crippen molar-refractivity contribution in [3.05, 3.63) is 35.2 Å². The Morgan fingerprint density at radius 3 is 2.59 bits per heavy atom. The van der Waals surface area contributed by atoms with Gasteiger partial charge < -0.3 is 4.90 Å². The third-order valence-corrected chi connectivity index (χ3v) is 3.43. The molecule has 0 N–H and O–H groups in total. The van der Waals surface area contributed by atoms with Crippen LogP contribution in [0.15, 0.2) is 18.2 Å². The minimum Gasteiger partial charge on any atom is -0.365 e. The molecule has 2 nitrogen and oxygen atoms in total. The maximum atomic E-state index is 13.7. The zero-order valence-electron chi connectivity index (χ0n) is 10.5. The average Bonchev–Trinajstić information content (AvgIpc) is 2.25. The molecule has 0 atom stereocenters. The van der Waals surface area contributed by atoms with Crippen LogP contribution in [0.2, 0.25) is 0 Å². The van der Waals surface area contributed by atoms with E-state index in [0.717, 1.165) is 16.8 Å². The van der Waals surface area contributed by atoms with E-state index in [1.165, 1.54) is 6.07 Å². The second kappa shape index (κ2) is 3.59. The van der Waals surface area contributed by atoms with Crippen LogP contribution < -0.4 is 4.90 Å². The van der Waals surface area contributed by atoms with Crippen molar-refractivity contribution in [1.29, 1.82) is 5.26 Å². The van der Waals surface area contributed by atoms with Crippen LogP contribution >= 0.6 is 0 Å².